The molecule has 130 valence electrons. The molecule has 3 aromatic rings. The summed E-state index contributed by atoms with van der Waals surface area (Å²) in [6.07, 6.45) is 6.50. The highest BCUT2D eigenvalue weighted by Crippen LogP contribution is 2.39. The lowest BCUT2D eigenvalue weighted by molar-refractivity contribution is 0.430. The Kier molecular flexibility index (Phi) is 3.94. The Morgan fingerprint density at radius 2 is 1.72 bits per heavy atom. The summed E-state index contributed by atoms with van der Waals surface area (Å²) in [6.45, 7) is 1.75. The Labute approximate surface area is 142 Å². The lowest BCUT2D eigenvalue weighted by atomic mass is 9.84. The van der Waals surface area contributed by atoms with Crippen molar-refractivity contribution in [2.24, 2.45) is 0 Å². The van der Waals surface area contributed by atoms with Crippen LogP contribution in [-0.2, 0) is 0 Å². The Hall–Kier alpha value is -2.44. The predicted octanol–water partition coefficient (Wildman–Crippen LogP) is 4.56. The molecule has 0 atom stereocenters. The van der Waals surface area contributed by atoms with Gasteiger partial charge in [0, 0.05) is 29.8 Å². The predicted molar refractivity (Wildman–Crippen MR) is 86.7 cm³/mol. The highest BCUT2D eigenvalue weighted by atomic mass is 19.1. The van der Waals surface area contributed by atoms with Gasteiger partial charge >= 0.3 is 0 Å². The first-order chi connectivity index (χ1) is 12.0. The number of fused-ring (bicyclic) bond motifs is 1. The molecule has 0 unspecified atom stereocenters. The third-order valence-corrected chi connectivity index (χ3v) is 4.78. The highest BCUT2D eigenvalue weighted by Gasteiger charge is 2.27. The summed E-state index contributed by atoms with van der Waals surface area (Å²) in [5.41, 5.74) is 0.763. The summed E-state index contributed by atoms with van der Waals surface area (Å²) < 4.78 is 43.7. The van der Waals surface area contributed by atoms with Gasteiger partial charge in [0.05, 0.1) is 11.3 Å². The molecule has 2 heterocycles. The van der Waals surface area contributed by atoms with Crippen LogP contribution in [0.15, 0.2) is 18.3 Å². The van der Waals surface area contributed by atoms with Crippen molar-refractivity contribution in [3.63, 3.8) is 0 Å². The van der Waals surface area contributed by atoms with Gasteiger partial charge in [-0.1, -0.05) is 19.3 Å². The molecule has 1 aromatic carbocycles. The smallest absolute Gasteiger partial charge is 0.219 e. The van der Waals surface area contributed by atoms with Gasteiger partial charge in [-0.15, -0.1) is 0 Å². The van der Waals surface area contributed by atoms with Crippen LogP contribution in [0, 0.1) is 24.4 Å². The van der Waals surface area contributed by atoms with Gasteiger partial charge < -0.3 is 0 Å². The average molecular weight is 346 g/mol. The maximum atomic E-state index is 14.4. The van der Waals surface area contributed by atoms with E-state index in [4.69, 9.17) is 0 Å². The van der Waals surface area contributed by atoms with E-state index in [1.807, 2.05) is 0 Å². The number of halogens is 3. The van der Waals surface area contributed by atoms with Crippen LogP contribution in [-0.4, -0.2) is 19.6 Å². The van der Waals surface area contributed by atoms with Crippen molar-refractivity contribution in [1.82, 2.24) is 19.6 Å². The molecule has 1 saturated carbocycles. The van der Waals surface area contributed by atoms with Gasteiger partial charge in [0.2, 0.25) is 0 Å². The van der Waals surface area contributed by atoms with Gasteiger partial charge in [-0.05, 0) is 19.8 Å². The largest absolute Gasteiger partial charge is 0.252 e. The third kappa shape index (κ3) is 2.77. The summed E-state index contributed by atoms with van der Waals surface area (Å²) in [6, 6.07) is 1.39. The molecular formula is C18H17F3N4. The van der Waals surface area contributed by atoms with E-state index in [2.05, 4.69) is 15.1 Å². The lowest BCUT2D eigenvalue weighted by Gasteiger charge is -2.24. The first-order valence-corrected chi connectivity index (χ1v) is 8.42. The van der Waals surface area contributed by atoms with Crippen molar-refractivity contribution in [1.29, 1.82) is 0 Å². The first kappa shape index (κ1) is 16.1. The second-order valence-corrected chi connectivity index (χ2v) is 6.51. The van der Waals surface area contributed by atoms with Crippen molar-refractivity contribution in [2.75, 3.05) is 0 Å². The highest BCUT2D eigenvalue weighted by molar-refractivity contribution is 5.68. The van der Waals surface area contributed by atoms with Gasteiger partial charge in [-0.2, -0.15) is 10.1 Å². The molecule has 1 aliphatic carbocycles. The number of aryl methyl sites for hydroxylation is 1. The van der Waals surface area contributed by atoms with E-state index in [9.17, 15) is 13.2 Å². The number of rotatable bonds is 2. The summed E-state index contributed by atoms with van der Waals surface area (Å²) in [5, 5.41) is 4.38. The normalized spacial score (nSPS) is 15.8. The molecule has 0 saturated heterocycles. The minimum absolute atomic E-state index is 0.110. The molecule has 7 heteroatoms. The fourth-order valence-electron chi connectivity index (χ4n) is 3.71. The summed E-state index contributed by atoms with van der Waals surface area (Å²) >= 11 is 0. The Balaban J connectivity index is 2.00. The number of hydrogen-bond acceptors (Lipinski definition) is 3. The molecular weight excluding hydrogens is 329 g/mol. The molecule has 0 spiro atoms. The zero-order valence-electron chi connectivity index (χ0n) is 13.8. The molecule has 0 N–H and O–H groups in total. The molecule has 0 aliphatic heterocycles. The van der Waals surface area contributed by atoms with Gasteiger partial charge in [-0.3, -0.25) is 0 Å². The number of aromatic nitrogens is 4. The number of benzene rings is 1. The second kappa shape index (κ2) is 6.13. The van der Waals surface area contributed by atoms with E-state index in [0.717, 1.165) is 32.1 Å². The van der Waals surface area contributed by atoms with Crippen LogP contribution in [0.5, 0.6) is 0 Å². The summed E-state index contributed by atoms with van der Waals surface area (Å²) in [4.78, 5) is 8.46. The fraction of sp³-hybridized carbons (Fsp3) is 0.389. The molecule has 1 fully saturated rings. The van der Waals surface area contributed by atoms with E-state index in [-0.39, 0.29) is 11.5 Å². The molecule has 1 aliphatic rings. The molecule has 0 amide bonds. The Morgan fingerprint density at radius 3 is 2.40 bits per heavy atom. The monoisotopic (exact) mass is 346 g/mol. The molecule has 0 bridgehead atoms. The van der Waals surface area contributed by atoms with Crippen molar-refractivity contribution >= 4 is 5.78 Å². The van der Waals surface area contributed by atoms with Crippen LogP contribution in [0.2, 0.25) is 0 Å². The van der Waals surface area contributed by atoms with Crippen molar-refractivity contribution in [3.05, 3.63) is 47.3 Å². The fourth-order valence-corrected chi connectivity index (χ4v) is 3.71. The van der Waals surface area contributed by atoms with Gasteiger partial charge in [0.1, 0.15) is 23.3 Å². The van der Waals surface area contributed by atoms with E-state index in [1.165, 1.54) is 6.20 Å². The van der Waals surface area contributed by atoms with Gasteiger partial charge in [-0.25, -0.2) is 22.7 Å². The molecule has 25 heavy (non-hydrogen) atoms. The van der Waals surface area contributed by atoms with Gasteiger partial charge in [0.25, 0.3) is 5.78 Å². The maximum absolute atomic E-state index is 14.4. The first-order valence-electron chi connectivity index (χ1n) is 8.42. The average Bonchev–Trinajstić information content (AvgIpc) is 2.94. The quantitative estimate of drug-likeness (QED) is 0.683. The van der Waals surface area contributed by atoms with Crippen molar-refractivity contribution in [2.45, 2.75) is 44.9 Å². The molecule has 4 rings (SSSR count). The summed E-state index contributed by atoms with van der Waals surface area (Å²) in [7, 11) is 0. The zero-order chi connectivity index (χ0) is 17.6. The minimum atomic E-state index is -0.941. The number of nitrogens with zero attached hydrogens (tertiary/aromatic N) is 4. The van der Waals surface area contributed by atoms with Crippen LogP contribution in [0.3, 0.4) is 0 Å². The SMILES string of the molecule is Cc1nc2ncc(-c3c(F)cc(F)cc3F)c(C3CCCCC3)n2n1. The van der Waals surface area contributed by atoms with Crippen LogP contribution >= 0.6 is 0 Å². The third-order valence-electron chi connectivity index (χ3n) is 4.78. The van der Waals surface area contributed by atoms with Crippen LogP contribution in [0.1, 0.15) is 49.5 Å². The molecule has 4 nitrogen and oxygen atoms in total. The minimum Gasteiger partial charge on any atom is -0.219 e. The van der Waals surface area contributed by atoms with Crippen LogP contribution in [0.4, 0.5) is 13.2 Å². The Morgan fingerprint density at radius 1 is 1.04 bits per heavy atom. The Bertz CT molecular complexity index is 922. The zero-order valence-corrected chi connectivity index (χ0v) is 13.8. The van der Waals surface area contributed by atoms with E-state index in [1.54, 1.807) is 11.4 Å². The topological polar surface area (TPSA) is 43.1 Å². The van der Waals surface area contributed by atoms with E-state index in [0.29, 0.717) is 35.0 Å². The molecule has 0 radical (unpaired) electrons. The van der Waals surface area contributed by atoms with Crippen LogP contribution in [0.25, 0.3) is 16.9 Å². The van der Waals surface area contributed by atoms with E-state index >= 15 is 0 Å². The number of hydrogen-bond donors (Lipinski definition) is 0. The lowest BCUT2D eigenvalue weighted by Crippen LogP contribution is -2.13. The standard InChI is InChI=1S/C18H17F3N4/c1-10-23-18-22-9-13(16-14(20)7-12(19)8-15(16)21)17(25(18)24-10)11-5-3-2-4-6-11/h7-9,11H,2-6H2,1H3. The van der Waals surface area contributed by atoms with Crippen molar-refractivity contribution in [3.8, 4) is 11.1 Å². The maximum Gasteiger partial charge on any atom is 0.252 e. The second-order valence-electron chi connectivity index (χ2n) is 6.51. The van der Waals surface area contributed by atoms with Crippen LogP contribution < -0.4 is 0 Å². The van der Waals surface area contributed by atoms with Gasteiger partial charge in [0.15, 0.2) is 0 Å². The molecule has 2 aromatic heterocycles. The van der Waals surface area contributed by atoms with Crippen molar-refractivity contribution < 1.29 is 13.2 Å². The van der Waals surface area contributed by atoms with E-state index < -0.39 is 17.5 Å². The summed E-state index contributed by atoms with van der Waals surface area (Å²) in [5.74, 6) is -1.76.